The Kier molecular flexibility index (Phi) is 3.29. The Morgan fingerprint density at radius 3 is 2.59 bits per heavy atom. The molecule has 1 aromatic carbocycles. The summed E-state index contributed by atoms with van der Waals surface area (Å²) in [5, 5.41) is 49.3. The third-order valence-corrected chi connectivity index (χ3v) is 4.06. The number of hydrogen-bond acceptors (Lipinski definition) is 8. The van der Waals surface area contributed by atoms with Crippen molar-refractivity contribution in [2.45, 2.75) is 37.4 Å². The molecule has 0 unspecified atom stereocenters. The van der Waals surface area contributed by atoms with Gasteiger partial charge in [-0.15, -0.1) is 0 Å². The van der Waals surface area contributed by atoms with Crippen LogP contribution in [0.3, 0.4) is 0 Å². The molecule has 2 aliphatic heterocycles. The number of carbonyl (C=O) groups excluding carboxylic acids is 1. The van der Waals surface area contributed by atoms with Gasteiger partial charge in [-0.25, -0.2) is 0 Å². The summed E-state index contributed by atoms with van der Waals surface area (Å²) in [6, 6.07) is 1.01. The van der Waals surface area contributed by atoms with Crippen LogP contribution in [0.15, 0.2) is 6.07 Å². The lowest BCUT2D eigenvalue weighted by atomic mass is 9.92. The van der Waals surface area contributed by atoms with Gasteiger partial charge in [0, 0.05) is 18.1 Å². The Labute approximate surface area is 125 Å². The van der Waals surface area contributed by atoms with E-state index in [-0.39, 0.29) is 35.7 Å². The van der Waals surface area contributed by atoms with Gasteiger partial charge in [-0.05, 0) is 6.92 Å². The van der Waals surface area contributed by atoms with E-state index < -0.39 is 35.6 Å². The molecule has 5 N–H and O–H groups in total. The topological polar surface area (TPSA) is 137 Å². The molecule has 1 aromatic rings. The van der Waals surface area contributed by atoms with Gasteiger partial charge in [0.2, 0.25) is 5.79 Å². The van der Waals surface area contributed by atoms with Gasteiger partial charge in [0.25, 0.3) is 0 Å². The van der Waals surface area contributed by atoms with Crippen LogP contribution in [0.25, 0.3) is 0 Å². The Morgan fingerprint density at radius 1 is 1.27 bits per heavy atom. The van der Waals surface area contributed by atoms with Crippen LogP contribution in [0.5, 0.6) is 17.2 Å². The number of ketones is 1. The molecule has 0 radical (unpaired) electrons. The van der Waals surface area contributed by atoms with E-state index in [9.17, 15) is 30.3 Å². The fourth-order valence-electron chi connectivity index (χ4n) is 2.88. The summed E-state index contributed by atoms with van der Waals surface area (Å²) in [5.41, 5.74) is 0.0479. The highest BCUT2D eigenvalue weighted by Crippen LogP contribution is 2.49. The monoisotopic (exact) mass is 312 g/mol. The van der Waals surface area contributed by atoms with E-state index in [2.05, 4.69) is 0 Å². The first-order chi connectivity index (χ1) is 10.3. The summed E-state index contributed by atoms with van der Waals surface area (Å²) in [7, 11) is 0. The van der Waals surface area contributed by atoms with Gasteiger partial charge in [0.15, 0.2) is 5.78 Å². The maximum atomic E-state index is 11.7. The van der Waals surface area contributed by atoms with Gasteiger partial charge in [0.05, 0.1) is 6.61 Å². The molecule has 1 saturated heterocycles. The average Bonchev–Trinajstić information content (AvgIpc) is 2.82. The average molecular weight is 312 g/mol. The summed E-state index contributed by atoms with van der Waals surface area (Å²) in [6.07, 6.45) is -4.51. The van der Waals surface area contributed by atoms with Crippen molar-refractivity contribution >= 4 is 5.78 Å². The van der Waals surface area contributed by atoms with E-state index in [1.165, 1.54) is 6.92 Å². The van der Waals surface area contributed by atoms with E-state index in [0.29, 0.717) is 0 Å². The normalized spacial score (nSPS) is 33.5. The van der Waals surface area contributed by atoms with Crippen LogP contribution in [-0.4, -0.2) is 62.0 Å². The largest absolute Gasteiger partial charge is 0.507 e. The molecule has 4 atom stereocenters. The Morgan fingerprint density at radius 2 is 1.95 bits per heavy atom. The molecular formula is C14H16O8. The fraction of sp³-hybridized carbons (Fsp3) is 0.500. The first-order valence-electron chi connectivity index (χ1n) is 6.73. The van der Waals surface area contributed by atoms with Crippen molar-refractivity contribution < 1.29 is 39.8 Å². The van der Waals surface area contributed by atoms with E-state index in [4.69, 9.17) is 9.47 Å². The highest BCUT2D eigenvalue weighted by molar-refractivity contribution is 6.00. The van der Waals surface area contributed by atoms with Gasteiger partial charge in [-0.2, -0.15) is 0 Å². The second-order valence-corrected chi connectivity index (χ2v) is 5.56. The van der Waals surface area contributed by atoms with Gasteiger partial charge in [0.1, 0.15) is 41.1 Å². The lowest BCUT2D eigenvalue weighted by molar-refractivity contribution is -0.300. The molecular weight excluding hydrogens is 296 g/mol. The molecule has 0 amide bonds. The maximum absolute atomic E-state index is 11.7. The third-order valence-electron chi connectivity index (χ3n) is 4.06. The smallest absolute Gasteiger partial charge is 0.243 e. The quantitative estimate of drug-likeness (QED) is 0.418. The molecule has 8 nitrogen and oxygen atoms in total. The summed E-state index contributed by atoms with van der Waals surface area (Å²) < 4.78 is 10.9. The van der Waals surface area contributed by atoms with Crippen molar-refractivity contribution in [1.82, 2.24) is 0 Å². The van der Waals surface area contributed by atoms with Crippen molar-refractivity contribution in [3.63, 3.8) is 0 Å². The molecule has 1 fully saturated rings. The second-order valence-electron chi connectivity index (χ2n) is 5.56. The van der Waals surface area contributed by atoms with Gasteiger partial charge < -0.3 is 35.0 Å². The third kappa shape index (κ3) is 1.96. The number of benzene rings is 1. The minimum absolute atomic E-state index is 0.0901. The number of rotatable bonds is 1. The number of aliphatic hydroxyl groups is 3. The number of Topliss-reactive ketones (excluding diaryl/α,β-unsaturated/α-hetero) is 1. The molecule has 0 aliphatic carbocycles. The van der Waals surface area contributed by atoms with E-state index in [1.54, 1.807) is 0 Å². The number of aliphatic hydroxyl groups excluding tert-OH is 3. The van der Waals surface area contributed by atoms with E-state index in [0.717, 1.165) is 6.07 Å². The molecule has 2 aliphatic rings. The lowest BCUT2D eigenvalue weighted by Crippen LogP contribution is -2.63. The van der Waals surface area contributed by atoms with Crippen LogP contribution in [0.2, 0.25) is 0 Å². The highest BCUT2D eigenvalue weighted by Gasteiger charge is 2.56. The summed E-state index contributed by atoms with van der Waals surface area (Å²) >= 11 is 0. The van der Waals surface area contributed by atoms with Crippen LogP contribution in [0.4, 0.5) is 0 Å². The zero-order chi connectivity index (χ0) is 16.2. The zero-order valence-electron chi connectivity index (χ0n) is 11.7. The maximum Gasteiger partial charge on any atom is 0.243 e. The number of fused-ring (bicyclic) bond motifs is 1. The van der Waals surface area contributed by atoms with Gasteiger partial charge in [-0.3, -0.25) is 4.79 Å². The van der Waals surface area contributed by atoms with Crippen LogP contribution in [0, 0.1) is 0 Å². The molecule has 3 rings (SSSR count). The van der Waals surface area contributed by atoms with Crippen molar-refractivity contribution in [1.29, 1.82) is 0 Å². The van der Waals surface area contributed by atoms with Crippen LogP contribution >= 0.6 is 0 Å². The molecule has 22 heavy (non-hydrogen) atoms. The summed E-state index contributed by atoms with van der Waals surface area (Å²) in [4.78, 5) is 11.7. The number of carbonyl (C=O) groups is 1. The van der Waals surface area contributed by atoms with E-state index in [1.807, 2.05) is 0 Å². The molecule has 8 heteroatoms. The Balaban J connectivity index is 2.07. The standard InChI is InChI=1S/C14H16O8/c1-5(15)10-8(17)2-7(16)6-3-14(22-12(6)10)13(20)11(19)9(18)4-21-14/h2,9,11,13,16-20H,3-4H2,1H3/t9-,11-,13+,14+/m1/s1. The number of hydrogen-bond donors (Lipinski definition) is 5. The molecule has 0 aromatic heterocycles. The molecule has 2 heterocycles. The first-order valence-corrected chi connectivity index (χ1v) is 6.73. The molecule has 1 spiro atoms. The Hall–Kier alpha value is -1.87. The fourth-order valence-corrected chi connectivity index (χ4v) is 2.88. The van der Waals surface area contributed by atoms with Crippen molar-refractivity contribution in [2.24, 2.45) is 0 Å². The van der Waals surface area contributed by atoms with Crippen LogP contribution in [0.1, 0.15) is 22.8 Å². The highest BCUT2D eigenvalue weighted by atomic mass is 16.7. The first kappa shape index (κ1) is 15.0. The number of ether oxygens (including phenoxy) is 2. The van der Waals surface area contributed by atoms with Crippen LogP contribution < -0.4 is 4.74 Å². The number of phenols is 2. The van der Waals surface area contributed by atoms with Gasteiger partial charge >= 0.3 is 0 Å². The second kappa shape index (κ2) is 4.82. The summed E-state index contributed by atoms with van der Waals surface area (Å²) in [6.45, 7) is 0.936. The van der Waals surface area contributed by atoms with E-state index >= 15 is 0 Å². The SMILES string of the molecule is CC(=O)c1c(O)cc(O)c2c1O[C@]1(C2)OC[C@@H](O)[C@@H](O)[C@@H]1O. The molecule has 120 valence electrons. The zero-order valence-corrected chi connectivity index (χ0v) is 11.7. The summed E-state index contributed by atoms with van der Waals surface area (Å²) in [5.74, 6) is -3.07. The number of aromatic hydroxyl groups is 2. The predicted molar refractivity (Wildman–Crippen MR) is 70.8 cm³/mol. The number of phenolic OH excluding ortho intramolecular Hbond substituents is 2. The molecule has 0 bridgehead atoms. The predicted octanol–water partition coefficient (Wildman–Crippen LogP) is -0.956. The van der Waals surface area contributed by atoms with Crippen molar-refractivity contribution in [3.05, 3.63) is 17.2 Å². The molecule has 0 saturated carbocycles. The van der Waals surface area contributed by atoms with Gasteiger partial charge in [-0.1, -0.05) is 0 Å². The van der Waals surface area contributed by atoms with Crippen molar-refractivity contribution in [2.75, 3.05) is 6.61 Å². The minimum Gasteiger partial charge on any atom is -0.507 e. The Bertz CT molecular complexity index is 642. The lowest BCUT2D eigenvalue weighted by Gasteiger charge is -2.41. The van der Waals surface area contributed by atoms with Crippen molar-refractivity contribution in [3.8, 4) is 17.2 Å². The minimum atomic E-state index is -1.73. The van der Waals surface area contributed by atoms with Crippen LogP contribution in [-0.2, 0) is 11.2 Å².